The highest BCUT2D eigenvalue weighted by atomic mass is 32.2. The molecule has 3 aromatic heterocycles. The minimum absolute atomic E-state index is 0.152. The van der Waals surface area contributed by atoms with E-state index in [1.54, 1.807) is 30.5 Å². The Balaban J connectivity index is 1.62. The maximum Gasteiger partial charge on any atom is 0.263 e. The van der Waals surface area contributed by atoms with Gasteiger partial charge in [0.1, 0.15) is 12.1 Å². The molecule has 0 aliphatic rings. The van der Waals surface area contributed by atoms with Gasteiger partial charge in [-0.15, -0.1) is 0 Å². The van der Waals surface area contributed by atoms with Crippen molar-refractivity contribution in [3.05, 3.63) is 79.5 Å². The van der Waals surface area contributed by atoms with Gasteiger partial charge in [-0.2, -0.15) is 0 Å². The van der Waals surface area contributed by atoms with Crippen LogP contribution in [0.25, 0.3) is 32.9 Å². The number of aromatic nitrogens is 4. The average molecular weight is 401 g/mol. The molecule has 29 heavy (non-hydrogen) atoms. The summed E-state index contributed by atoms with van der Waals surface area (Å²) in [7, 11) is -3.77. The second kappa shape index (κ2) is 6.68. The lowest BCUT2D eigenvalue weighted by atomic mass is 10.0. The van der Waals surface area contributed by atoms with Crippen molar-refractivity contribution in [1.29, 1.82) is 0 Å². The van der Waals surface area contributed by atoms with Gasteiger partial charge in [-0.25, -0.2) is 18.4 Å². The largest absolute Gasteiger partial charge is 0.361 e. The molecule has 0 aliphatic carbocycles. The first-order valence-corrected chi connectivity index (χ1v) is 10.3. The summed E-state index contributed by atoms with van der Waals surface area (Å²) in [6.07, 6.45) is 6.35. The van der Waals surface area contributed by atoms with Crippen LogP contribution in [0.15, 0.2) is 84.4 Å². The third kappa shape index (κ3) is 3.09. The molecule has 2 N–H and O–H groups in total. The predicted octanol–water partition coefficient (Wildman–Crippen LogP) is 3.97. The summed E-state index contributed by atoms with van der Waals surface area (Å²) in [4.78, 5) is 15.7. The third-order valence-corrected chi connectivity index (χ3v) is 6.06. The van der Waals surface area contributed by atoms with Crippen molar-refractivity contribution in [3.8, 4) is 11.3 Å². The molecule has 5 rings (SSSR count). The van der Waals surface area contributed by atoms with E-state index in [9.17, 15) is 8.42 Å². The van der Waals surface area contributed by atoms with Crippen LogP contribution >= 0.6 is 0 Å². The number of benzene rings is 2. The normalized spacial score (nSPS) is 11.7. The van der Waals surface area contributed by atoms with E-state index in [4.69, 9.17) is 0 Å². The molecule has 0 aliphatic heterocycles. The Morgan fingerprint density at radius 2 is 1.83 bits per heavy atom. The number of nitrogens with zero attached hydrogens (tertiary/aromatic N) is 3. The van der Waals surface area contributed by atoms with Gasteiger partial charge in [0.2, 0.25) is 0 Å². The van der Waals surface area contributed by atoms with Gasteiger partial charge in [0.05, 0.1) is 16.1 Å². The summed E-state index contributed by atoms with van der Waals surface area (Å²) in [6.45, 7) is 0. The quantitative estimate of drug-likeness (QED) is 0.474. The molecule has 3 heterocycles. The third-order valence-electron chi connectivity index (χ3n) is 4.71. The second-order valence-electron chi connectivity index (χ2n) is 6.49. The van der Waals surface area contributed by atoms with Gasteiger partial charge in [0.25, 0.3) is 10.0 Å². The van der Waals surface area contributed by atoms with E-state index in [1.165, 1.54) is 18.6 Å². The van der Waals surface area contributed by atoms with Gasteiger partial charge in [0.15, 0.2) is 0 Å². The Bertz CT molecular complexity index is 1450. The van der Waals surface area contributed by atoms with Crippen LogP contribution in [-0.4, -0.2) is 28.4 Å². The smallest absolute Gasteiger partial charge is 0.263 e. The fourth-order valence-electron chi connectivity index (χ4n) is 3.37. The van der Waals surface area contributed by atoms with E-state index in [0.29, 0.717) is 0 Å². The maximum atomic E-state index is 12.7. The first-order chi connectivity index (χ1) is 14.1. The Kier molecular flexibility index (Phi) is 3.99. The molecule has 0 saturated carbocycles. The van der Waals surface area contributed by atoms with Crippen LogP contribution in [-0.2, 0) is 10.0 Å². The number of H-pyrrole nitrogens is 1. The zero-order valence-electron chi connectivity index (χ0n) is 15.1. The summed E-state index contributed by atoms with van der Waals surface area (Å²) in [6, 6.07) is 16.3. The highest BCUT2D eigenvalue weighted by molar-refractivity contribution is 7.92. The number of aromatic amines is 1. The number of para-hydroxylation sites is 1. The number of anilines is 1. The maximum absolute atomic E-state index is 12.7. The first-order valence-electron chi connectivity index (χ1n) is 8.86. The molecule has 7 nitrogen and oxygen atoms in total. The van der Waals surface area contributed by atoms with Crippen molar-refractivity contribution in [2.75, 3.05) is 4.72 Å². The van der Waals surface area contributed by atoms with E-state index in [2.05, 4.69) is 24.7 Å². The fourth-order valence-corrected chi connectivity index (χ4v) is 4.41. The second-order valence-corrected chi connectivity index (χ2v) is 8.17. The van der Waals surface area contributed by atoms with Crippen molar-refractivity contribution >= 4 is 37.5 Å². The zero-order valence-corrected chi connectivity index (χ0v) is 15.9. The number of sulfonamides is 1. The van der Waals surface area contributed by atoms with E-state index in [1.807, 2.05) is 30.5 Å². The molecule has 2 aromatic carbocycles. The Labute approximate surface area is 166 Å². The van der Waals surface area contributed by atoms with Crippen LogP contribution in [0.3, 0.4) is 0 Å². The fraction of sp³-hybridized carbons (Fsp3) is 0. The molecule has 0 radical (unpaired) electrons. The van der Waals surface area contributed by atoms with Crippen molar-refractivity contribution in [2.45, 2.75) is 4.90 Å². The van der Waals surface area contributed by atoms with Crippen molar-refractivity contribution < 1.29 is 8.42 Å². The molecule has 0 atom stereocenters. The zero-order chi connectivity index (χ0) is 19.8. The molecule has 8 heteroatoms. The predicted molar refractivity (Wildman–Crippen MR) is 112 cm³/mol. The van der Waals surface area contributed by atoms with E-state index < -0.39 is 10.0 Å². The minimum Gasteiger partial charge on any atom is -0.361 e. The first kappa shape index (κ1) is 17.3. The number of hydrogen-bond donors (Lipinski definition) is 2. The van der Waals surface area contributed by atoms with Crippen LogP contribution in [0.5, 0.6) is 0 Å². The van der Waals surface area contributed by atoms with Crippen LogP contribution in [0.4, 0.5) is 5.82 Å². The van der Waals surface area contributed by atoms with Crippen LogP contribution in [0, 0.1) is 0 Å². The number of hydrogen-bond acceptors (Lipinski definition) is 5. The minimum atomic E-state index is -3.77. The van der Waals surface area contributed by atoms with Gasteiger partial charge < -0.3 is 4.98 Å². The lowest BCUT2D eigenvalue weighted by Gasteiger charge is -2.10. The molecule has 0 spiro atoms. The number of rotatable bonds is 4. The summed E-state index contributed by atoms with van der Waals surface area (Å²) in [5.41, 5.74) is 2.76. The van der Waals surface area contributed by atoms with E-state index in [0.717, 1.165) is 32.9 Å². The van der Waals surface area contributed by atoms with Crippen molar-refractivity contribution in [2.24, 2.45) is 0 Å². The lowest BCUT2D eigenvalue weighted by Crippen LogP contribution is -2.13. The molecule has 0 amide bonds. The SMILES string of the molecule is O=S(=O)(Nc1ccncn1)c1ccc2c(-c3cccc4cc[nH]c34)nccc2c1. The van der Waals surface area contributed by atoms with Gasteiger partial charge >= 0.3 is 0 Å². The summed E-state index contributed by atoms with van der Waals surface area (Å²) in [5.74, 6) is 0.217. The molecular weight excluding hydrogens is 386 g/mol. The van der Waals surface area contributed by atoms with Crippen molar-refractivity contribution in [1.82, 2.24) is 19.9 Å². The number of fused-ring (bicyclic) bond motifs is 2. The Morgan fingerprint density at radius 3 is 2.69 bits per heavy atom. The summed E-state index contributed by atoms with van der Waals surface area (Å²) in [5, 5.41) is 2.74. The molecule has 0 fully saturated rings. The Hall–Kier alpha value is -3.78. The van der Waals surface area contributed by atoms with E-state index in [-0.39, 0.29) is 10.7 Å². The molecule has 5 aromatic rings. The summed E-state index contributed by atoms with van der Waals surface area (Å²) >= 11 is 0. The molecule has 0 bridgehead atoms. The van der Waals surface area contributed by atoms with Gasteiger partial charge in [-0.1, -0.05) is 24.3 Å². The topological polar surface area (TPSA) is 101 Å². The van der Waals surface area contributed by atoms with Gasteiger partial charge in [-0.05, 0) is 35.7 Å². The molecular formula is C21H15N5O2S. The lowest BCUT2D eigenvalue weighted by molar-refractivity contribution is 0.601. The van der Waals surface area contributed by atoms with Crippen LogP contribution in [0.1, 0.15) is 0 Å². The highest BCUT2D eigenvalue weighted by Gasteiger charge is 2.17. The van der Waals surface area contributed by atoms with E-state index >= 15 is 0 Å². The standard InChI is InChI=1S/C21H15N5O2S/c27-29(28,26-19-8-9-22-13-25-19)16-4-5-17-15(12-16)7-11-24-21(17)18-3-1-2-14-6-10-23-20(14)18/h1-13,23H,(H,22,25,26). The summed E-state index contributed by atoms with van der Waals surface area (Å²) < 4.78 is 28.0. The van der Waals surface area contributed by atoms with Crippen molar-refractivity contribution in [3.63, 3.8) is 0 Å². The monoisotopic (exact) mass is 401 g/mol. The van der Waals surface area contributed by atoms with Gasteiger partial charge in [0, 0.05) is 34.9 Å². The average Bonchev–Trinajstić information content (AvgIpc) is 3.22. The van der Waals surface area contributed by atoms with Crippen LogP contribution in [0.2, 0.25) is 0 Å². The van der Waals surface area contributed by atoms with Gasteiger partial charge in [-0.3, -0.25) is 9.71 Å². The highest BCUT2D eigenvalue weighted by Crippen LogP contribution is 2.32. The Morgan fingerprint density at radius 1 is 0.897 bits per heavy atom. The molecule has 0 saturated heterocycles. The number of nitrogens with one attached hydrogen (secondary N) is 2. The van der Waals surface area contributed by atoms with Crippen LogP contribution < -0.4 is 4.72 Å². The number of pyridine rings is 1. The molecule has 142 valence electrons. The molecule has 0 unspecified atom stereocenters.